The third-order valence-corrected chi connectivity index (χ3v) is 3.42. The van der Waals surface area contributed by atoms with Gasteiger partial charge in [0, 0.05) is 12.5 Å². The fourth-order valence-electron chi connectivity index (χ4n) is 2.30. The van der Waals surface area contributed by atoms with Crippen molar-refractivity contribution in [2.45, 2.75) is 26.2 Å². The normalized spacial score (nSPS) is 18.4. The maximum Gasteiger partial charge on any atom is 0.358 e. The van der Waals surface area contributed by atoms with Gasteiger partial charge in [0.15, 0.2) is 5.69 Å². The van der Waals surface area contributed by atoms with Crippen molar-refractivity contribution in [2.24, 2.45) is 5.92 Å². The lowest BCUT2D eigenvalue weighted by Crippen LogP contribution is -2.33. The van der Waals surface area contributed by atoms with Crippen molar-refractivity contribution in [1.29, 1.82) is 0 Å². The van der Waals surface area contributed by atoms with Crippen molar-refractivity contribution < 1.29 is 14.4 Å². The minimum atomic E-state index is -1.03. The topological polar surface area (TPSA) is 66.6 Å². The van der Waals surface area contributed by atoms with Gasteiger partial charge in [0.2, 0.25) is 0 Å². The molecule has 1 fully saturated rings. The summed E-state index contributed by atoms with van der Waals surface area (Å²) >= 11 is 0. The predicted octanol–water partition coefficient (Wildman–Crippen LogP) is 1.65. The summed E-state index contributed by atoms with van der Waals surface area (Å²) in [6.45, 7) is 5.54. The van der Waals surface area contributed by atoms with Crippen LogP contribution >= 0.6 is 0 Å². The molecule has 17 heavy (non-hydrogen) atoms. The summed E-state index contributed by atoms with van der Waals surface area (Å²) in [5.74, 6) is 0.255. The van der Waals surface area contributed by atoms with Crippen molar-refractivity contribution in [3.8, 4) is 0 Å². The molecule has 1 saturated heterocycles. The number of aromatic nitrogens is 1. The van der Waals surface area contributed by atoms with Gasteiger partial charge in [0.25, 0.3) is 0 Å². The molecule has 0 saturated carbocycles. The van der Waals surface area contributed by atoms with Gasteiger partial charge >= 0.3 is 5.97 Å². The Morgan fingerprint density at radius 2 is 2.29 bits per heavy atom. The molecule has 0 radical (unpaired) electrons. The van der Waals surface area contributed by atoms with E-state index in [2.05, 4.69) is 17.0 Å². The minimum absolute atomic E-state index is 0.00555. The lowest BCUT2D eigenvalue weighted by Gasteiger charge is -2.30. The molecular weight excluding hydrogens is 220 g/mol. The van der Waals surface area contributed by atoms with Crippen LogP contribution in [0.5, 0.6) is 0 Å². The van der Waals surface area contributed by atoms with Gasteiger partial charge in [-0.05, 0) is 38.4 Å². The van der Waals surface area contributed by atoms with Gasteiger partial charge in [0.1, 0.15) is 5.76 Å². The first-order chi connectivity index (χ1) is 8.19. The van der Waals surface area contributed by atoms with E-state index in [1.54, 1.807) is 0 Å². The van der Waals surface area contributed by atoms with Crippen LogP contribution < -0.4 is 0 Å². The zero-order chi connectivity index (χ0) is 12.3. The number of carboxylic acids is 1. The highest BCUT2D eigenvalue weighted by molar-refractivity contribution is 5.85. The highest BCUT2D eigenvalue weighted by atomic mass is 16.5. The second-order valence-electron chi connectivity index (χ2n) is 4.57. The molecule has 1 aromatic heterocycles. The Labute approximate surface area is 100 Å². The average Bonchev–Trinajstić information content (AvgIpc) is 2.79. The van der Waals surface area contributed by atoms with Gasteiger partial charge < -0.3 is 14.5 Å². The smallest absolute Gasteiger partial charge is 0.358 e. The Morgan fingerprint density at radius 3 is 2.82 bits per heavy atom. The molecule has 0 atom stereocenters. The van der Waals surface area contributed by atoms with Crippen LogP contribution in [0.3, 0.4) is 0 Å². The van der Waals surface area contributed by atoms with E-state index < -0.39 is 5.97 Å². The Bertz CT molecular complexity index is 381. The van der Waals surface area contributed by atoms with Crippen molar-refractivity contribution in [3.63, 3.8) is 0 Å². The number of carboxylic acid groups (broad SMARTS) is 1. The number of nitrogens with zero attached hydrogens (tertiary/aromatic N) is 2. The number of hydrogen-bond donors (Lipinski definition) is 1. The SMILES string of the molecule is CCN1CCC(Cc2cc(C(=O)O)no2)CC1. The maximum absolute atomic E-state index is 10.7. The first-order valence-corrected chi connectivity index (χ1v) is 6.10. The Hall–Kier alpha value is -1.36. The molecule has 1 aromatic rings. The Morgan fingerprint density at radius 1 is 1.59 bits per heavy atom. The summed E-state index contributed by atoms with van der Waals surface area (Å²) < 4.78 is 5.04. The molecule has 1 aliphatic rings. The van der Waals surface area contributed by atoms with Crippen LogP contribution in [0.1, 0.15) is 36.0 Å². The molecule has 2 rings (SSSR count). The molecular formula is C12H18N2O3. The van der Waals surface area contributed by atoms with Crippen LogP contribution in [-0.2, 0) is 6.42 Å². The van der Waals surface area contributed by atoms with Crippen molar-refractivity contribution in [2.75, 3.05) is 19.6 Å². The summed E-state index contributed by atoms with van der Waals surface area (Å²) in [5.41, 5.74) is 0.00555. The quantitative estimate of drug-likeness (QED) is 0.863. The predicted molar refractivity (Wildman–Crippen MR) is 62.0 cm³/mol. The Balaban J connectivity index is 1.86. The summed E-state index contributed by atoms with van der Waals surface area (Å²) in [6, 6.07) is 1.54. The van der Waals surface area contributed by atoms with E-state index in [9.17, 15) is 4.79 Å². The number of carbonyl (C=O) groups is 1. The molecule has 0 spiro atoms. The average molecular weight is 238 g/mol. The van der Waals surface area contributed by atoms with Gasteiger partial charge in [-0.2, -0.15) is 0 Å². The van der Waals surface area contributed by atoms with E-state index in [-0.39, 0.29) is 5.69 Å². The molecule has 0 bridgehead atoms. The van der Waals surface area contributed by atoms with E-state index in [1.807, 2.05) is 0 Å². The fourth-order valence-corrected chi connectivity index (χ4v) is 2.30. The van der Waals surface area contributed by atoms with Crippen LogP contribution in [0.2, 0.25) is 0 Å². The minimum Gasteiger partial charge on any atom is -0.476 e. The zero-order valence-corrected chi connectivity index (χ0v) is 10.1. The largest absolute Gasteiger partial charge is 0.476 e. The lowest BCUT2D eigenvalue weighted by atomic mass is 9.92. The van der Waals surface area contributed by atoms with Gasteiger partial charge in [0.05, 0.1) is 0 Å². The molecule has 94 valence electrons. The molecule has 0 amide bonds. The second-order valence-corrected chi connectivity index (χ2v) is 4.57. The van der Waals surface area contributed by atoms with Crippen molar-refractivity contribution in [3.05, 3.63) is 17.5 Å². The Kier molecular flexibility index (Phi) is 3.78. The first kappa shape index (κ1) is 12.1. The molecule has 0 aromatic carbocycles. The van der Waals surface area contributed by atoms with Crippen LogP contribution in [0, 0.1) is 5.92 Å². The van der Waals surface area contributed by atoms with E-state index in [4.69, 9.17) is 9.63 Å². The molecule has 2 heterocycles. The molecule has 0 aliphatic carbocycles. The second kappa shape index (κ2) is 5.31. The fraction of sp³-hybridized carbons (Fsp3) is 0.667. The molecule has 1 aliphatic heterocycles. The van der Waals surface area contributed by atoms with Gasteiger partial charge in [-0.15, -0.1) is 0 Å². The van der Waals surface area contributed by atoms with Gasteiger partial charge in [-0.25, -0.2) is 4.79 Å². The third kappa shape index (κ3) is 3.06. The van der Waals surface area contributed by atoms with Crippen LogP contribution in [-0.4, -0.2) is 40.8 Å². The molecule has 0 unspecified atom stereocenters. The number of hydrogen-bond acceptors (Lipinski definition) is 4. The summed E-state index contributed by atoms with van der Waals surface area (Å²) in [7, 11) is 0. The van der Waals surface area contributed by atoms with E-state index in [0.717, 1.165) is 38.9 Å². The standard InChI is InChI=1S/C12H18N2O3/c1-2-14-5-3-9(4-6-14)7-10-8-11(12(15)16)13-17-10/h8-9H,2-7H2,1H3,(H,15,16). The highest BCUT2D eigenvalue weighted by Crippen LogP contribution is 2.21. The highest BCUT2D eigenvalue weighted by Gasteiger charge is 2.20. The van der Waals surface area contributed by atoms with Gasteiger partial charge in [-0.1, -0.05) is 12.1 Å². The van der Waals surface area contributed by atoms with Crippen LogP contribution in [0.15, 0.2) is 10.6 Å². The van der Waals surface area contributed by atoms with Crippen LogP contribution in [0.4, 0.5) is 0 Å². The van der Waals surface area contributed by atoms with Gasteiger partial charge in [-0.3, -0.25) is 0 Å². The maximum atomic E-state index is 10.7. The monoisotopic (exact) mass is 238 g/mol. The summed E-state index contributed by atoms with van der Waals surface area (Å²) in [4.78, 5) is 13.1. The van der Waals surface area contributed by atoms with E-state index >= 15 is 0 Å². The van der Waals surface area contributed by atoms with Crippen molar-refractivity contribution >= 4 is 5.97 Å². The van der Waals surface area contributed by atoms with Crippen molar-refractivity contribution in [1.82, 2.24) is 10.1 Å². The number of likely N-dealkylation sites (tertiary alicyclic amines) is 1. The number of piperidine rings is 1. The number of aromatic carboxylic acids is 1. The van der Waals surface area contributed by atoms with E-state index in [0.29, 0.717) is 11.7 Å². The third-order valence-electron chi connectivity index (χ3n) is 3.42. The first-order valence-electron chi connectivity index (χ1n) is 6.10. The summed E-state index contributed by atoms with van der Waals surface area (Å²) in [6.07, 6.45) is 3.10. The van der Waals surface area contributed by atoms with E-state index in [1.165, 1.54) is 6.07 Å². The number of rotatable bonds is 4. The molecule has 5 heteroatoms. The zero-order valence-electron chi connectivity index (χ0n) is 10.1. The summed E-state index contributed by atoms with van der Waals surface area (Å²) in [5, 5.41) is 12.3. The van der Waals surface area contributed by atoms with Crippen LogP contribution in [0.25, 0.3) is 0 Å². The molecule has 1 N–H and O–H groups in total. The molecule has 5 nitrogen and oxygen atoms in total. The lowest BCUT2D eigenvalue weighted by molar-refractivity contribution is 0.0685.